The van der Waals surface area contributed by atoms with Crippen molar-refractivity contribution in [2.45, 2.75) is 52.4 Å². The first kappa shape index (κ1) is 17.8. The summed E-state index contributed by atoms with van der Waals surface area (Å²) in [7, 11) is 0. The molecule has 2 heterocycles. The maximum Gasteiger partial charge on any atom is 0.222 e. The third-order valence-electron chi connectivity index (χ3n) is 5.09. The van der Waals surface area contributed by atoms with Crippen LogP contribution in [0, 0.1) is 17.8 Å². The van der Waals surface area contributed by atoms with Crippen LogP contribution in [0.15, 0.2) is 0 Å². The summed E-state index contributed by atoms with van der Waals surface area (Å²) in [5.41, 5.74) is 0. The summed E-state index contributed by atoms with van der Waals surface area (Å²) in [5.74, 6) is 2.37. The van der Waals surface area contributed by atoms with Crippen LogP contribution in [0.4, 0.5) is 0 Å². The van der Waals surface area contributed by atoms with Crippen molar-refractivity contribution < 1.29 is 4.79 Å². The van der Waals surface area contributed by atoms with E-state index in [-0.39, 0.29) is 12.4 Å². The van der Waals surface area contributed by atoms with Gasteiger partial charge >= 0.3 is 0 Å². The van der Waals surface area contributed by atoms with Crippen LogP contribution >= 0.6 is 12.4 Å². The molecule has 2 rings (SSSR count). The maximum atomic E-state index is 12.4. The summed E-state index contributed by atoms with van der Waals surface area (Å²) in [6, 6.07) is 0. The zero-order valence-corrected chi connectivity index (χ0v) is 13.9. The highest BCUT2D eigenvalue weighted by molar-refractivity contribution is 5.85. The molecule has 118 valence electrons. The summed E-state index contributed by atoms with van der Waals surface area (Å²) in [5, 5.41) is 3.46. The van der Waals surface area contributed by atoms with Crippen molar-refractivity contribution in [3.63, 3.8) is 0 Å². The number of likely N-dealkylation sites (tertiary alicyclic amines) is 1. The van der Waals surface area contributed by atoms with Crippen LogP contribution in [0.25, 0.3) is 0 Å². The lowest BCUT2D eigenvalue weighted by atomic mass is 9.85. The van der Waals surface area contributed by atoms with Gasteiger partial charge in [-0.1, -0.05) is 20.3 Å². The van der Waals surface area contributed by atoms with Crippen LogP contribution in [-0.2, 0) is 4.79 Å². The number of hydrogen-bond donors (Lipinski definition) is 1. The Morgan fingerprint density at radius 2 is 2.15 bits per heavy atom. The van der Waals surface area contributed by atoms with E-state index in [1.54, 1.807) is 0 Å². The van der Waals surface area contributed by atoms with Gasteiger partial charge in [0.05, 0.1) is 0 Å². The van der Waals surface area contributed by atoms with Gasteiger partial charge in [0, 0.05) is 19.5 Å². The first-order valence-electron chi connectivity index (χ1n) is 8.19. The van der Waals surface area contributed by atoms with Crippen LogP contribution in [0.1, 0.15) is 52.4 Å². The van der Waals surface area contributed by atoms with E-state index in [1.807, 2.05) is 0 Å². The minimum Gasteiger partial charge on any atom is -0.342 e. The van der Waals surface area contributed by atoms with Crippen LogP contribution in [0.2, 0.25) is 0 Å². The molecule has 2 fully saturated rings. The SMILES string of the molecule is CCC1CCCN(C(=O)CC(C)C2CCCNC2)C1.Cl. The molecule has 0 spiro atoms. The number of hydrogen-bond acceptors (Lipinski definition) is 2. The molecule has 0 bridgehead atoms. The van der Waals surface area contributed by atoms with Crippen molar-refractivity contribution in [2.24, 2.45) is 17.8 Å². The second-order valence-electron chi connectivity index (χ2n) is 6.54. The smallest absolute Gasteiger partial charge is 0.222 e. The van der Waals surface area contributed by atoms with Gasteiger partial charge in [-0.2, -0.15) is 0 Å². The predicted molar refractivity (Wildman–Crippen MR) is 86.2 cm³/mol. The normalized spacial score (nSPS) is 28.6. The van der Waals surface area contributed by atoms with Gasteiger partial charge in [-0.25, -0.2) is 0 Å². The molecule has 1 N–H and O–H groups in total. The quantitative estimate of drug-likeness (QED) is 0.865. The van der Waals surface area contributed by atoms with E-state index < -0.39 is 0 Å². The Morgan fingerprint density at radius 1 is 1.35 bits per heavy atom. The molecule has 3 atom stereocenters. The zero-order valence-electron chi connectivity index (χ0n) is 13.1. The number of amides is 1. The molecule has 3 unspecified atom stereocenters. The minimum absolute atomic E-state index is 0. The number of halogens is 1. The molecule has 0 aromatic carbocycles. The average Bonchev–Trinajstić information content (AvgIpc) is 2.48. The Bertz CT molecular complexity index is 292. The monoisotopic (exact) mass is 302 g/mol. The molecule has 2 aliphatic rings. The van der Waals surface area contributed by atoms with E-state index in [9.17, 15) is 4.79 Å². The first-order valence-corrected chi connectivity index (χ1v) is 8.19. The largest absolute Gasteiger partial charge is 0.342 e. The fourth-order valence-electron chi connectivity index (χ4n) is 3.56. The number of nitrogens with zero attached hydrogens (tertiary/aromatic N) is 1. The van der Waals surface area contributed by atoms with Crippen molar-refractivity contribution in [1.82, 2.24) is 10.2 Å². The van der Waals surface area contributed by atoms with Gasteiger partial charge in [0.25, 0.3) is 0 Å². The number of carbonyl (C=O) groups is 1. The van der Waals surface area contributed by atoms with Crippen molar-refractivity contribution in [3.8, 4) is 0 Å². The lowest BCUT2D eigenvalue weighted by Gasteiger charge is -2.34. The Kier molecular flexibility index (Phi) is 7.90. The molecule has 3 nitrogen and oxygen atoms in total. The molecule has 4 heteroatoms. The fraction of sp³-hybridized carbons (Fsp3) is 0.938. The minimum atomic E-state index is 0. The number of nitrogens with one attached hydrogen (secondary N) is 1. The van der Waals surface area contributed by atoms with Crippen molar-refractivity contribution in [1.29, 1.82) is 0 Å². The van der Waals surface area contributed by atoms with E-state index in [0.29, 0.717) is 17.7 Å². The molecular weight excluding hydrogens is 272 g/mol. The lowest BCUT2D eigenvalue weighted by Crippen LogP contribution is -2.41. The van der Waals surface area contributed by atoms with Crippen LogP contribution in [0.3, 0.4) is 0 Å². The number of carbonyl (C=O) groups excluding carboxylic acids is 1. The second-order valence-corrected chi connectivity index (χ2v) is 6.54. The number of piperidine rings is 2. The summed E-state index contributed by atoms with van der Waals surface area (Å²) in [6.07, 6.45) is 7.03. The first-order chi connectivity index (χ1) is 9.20. The van der Waals surface area contributed by atoms with Crippen molar-refractivity contribution >= 4 is 18.3 Å². The van der Waals surface area contributed by atoms with Gasteiger partial charge in [0.2, 0.25) is 5.91 Å². The van der Waals surface area contributed by atoms with Crippen molar-refractivity contribution in [2.75, 3.05) is 26.2 Å². The molecule has 2 saturated heterocycles. The van der Waals surface area contributed by atoms with Gasteiger partial charge < -0.3 is 10.2 Å². The standard InChI is InChI=1S/C16H30N2O.ClH/c1-3-14-6-5-9-18(12-14)16(19)10-13(2)15-7-4-8-17-11-15;/h13-15,17H,3-12H2,1-2H3;1H. The second kappa shape index (κ2) is 8.89. The Labute approximate surface area is 130 Å². The van der Waals surface area contributed by atoms with E-state index in [2.05, 4.69) is 24.1 Å². The summed E-state index contributed by atoms with van der Waals surface area (Å²) >= 11 is 0. The van der Waals surface area contributed by atoms with Gasteiger partial charge in [0.15, 0.2) is 0 Å². The summed E-state index contributed by atoms with van der Waals surface area (Å²) in [4.78, 5) is 14.5. The maximum absolute atomic E-state index is 12.4. The van der Waals surface area contributed by atoms with E-state index >= 15 is 0 Å². The van der Waals surface area contributed by atoms with Crippen LogP contribution in [-0.4, -0.2) is 37.0 Å². The van der Waals surface area contributed by atoms with E-state index in [1.165, 1.54) is 32.1 Å². The van der Waals surface area contributed by atoms with Gasteiger partial charge in [-0.15, -0.1) is 12.4 Å². The molecule has 0 radical (unpaired) electrons. The number of rotatable bonds is 4. The van der Waals surface area contributed by atoms with Crippen molar-refractivity contribution in [3.05, 3.63) is 0 Å². The Balaban J connectivity index is 0.00000200. The van der Waals surface area contributed by atoms with Gasteiger partial charge in [-0.05, 0) is 56.5 Å². The topological polar surface area (TPSA) is 32.3 Å². The molecule has 20 heavy (non-hydrogen) atoms. The van der Waals surface area contributed by atoms with Crippen LogP contribution < -0.4 is 5.32 Å². The highest BCUT2D eigenvalue weighted by Gasteiger charge is 2.26. The summed E-state index contributed by atoms with van der Waals surface area (Å²) < 4.78 is 0. The predicted octanol–water partition coefficient (Wildman–Crippen LogP) is 3.08. The van der Waals surface area contributed by atoms with Gasteiger partial charge in [0.1, 0.15) is 0 Å². The molecule has 1 amide bonds. The molecule has 2 aliphatic heterocycles. The Hall–Kier alpha value is -0.280. The van der Waals surface area contributed by atoms with Crippen LogP contribution in [0.5, 0.6) is 0 Å². The third-order valence-corrected chi connectivity index (χ3v) is 5.09. The molecular formula is C16H31ClN2O. The molecule has 0 aromatic rings. The molecule has 0 aliphatic carbocycles. The van der Waals surface area contributed by atoms with E-state index in [4.69, 9.17) is 0 Å². The lowest BCUT2D eigenvalue weighted by molar-refractivity contribution is -0.134. The fourth-order valence-corrected chi connectivity index (χ4v) is 3.56. The highest BCUT2D eigenvalue weighted by atomic mass is 35.5. The zero-order chi connectivity index (χ0) is 13.7. The highest BCUT2D eigenvalue weighted by Crippen LogP contribution is 2.25. The Morgan fingerprint density at radius 3 is 2.80 bits per heavy atom. The summed E-state index contributed by atoms with van der Waals surface area (Å²) in [6.45, 7) is 8.76. The van der Waals surface area contributed by atoms with E-state index in [0.717, 1.165) is 38.5 Å². The average molecular weight is 303 g/mol. The molecule has 0 saturated carbocycles. The third kappa shape index (κ3) is 4.92. The molecule has 0 aromatic heterocycles. The van der Waals surface area contributed by atoms with Gasteiger partial charge in [-0.3, -0.25) is 4.79 Å².